The fourth-order valence-electron chi connectivity index (χ4n) is 2.32. The molecule has 0 aliphatic carbocycles. The van der Waals surface area contributed by atoms with Crippen molar-refractivity contribution in [3.05, 3.63) is 10.6 Å². The summed E-state index contributed by atoms with van der Waals surface area (Å²) in [5, 5.41) is 1.19. The third-order valence-electron chi connectivity index (χ3n) is 3.68. The lowest BCUT2D eigenvalue weighted by molar-refractivity contribution is 0.658. The van der Waals surface area contributed by atoms with Crippen LogP contribution in [0.2, 0.25) is 0 Å². The molecule has 17 heavy (non-hydrogen) atoms. The molecule has 0 aromatic carbocycles. The van der Waals surface area contributed by atoms with E-state index in [1.54, 1.807) is 11.3 Å². The minimum atomic E-state index is 0.526. The highest BCUT2D eigenvalue weighted by Crippen LogP contribution is 2.34. The van der Waals surface area contributed by atoms with Crippen LogP contribution in [0.5, 0.6) is 0 Å². The summed E-state index contributed by atoms with van der Waals surface area (Å²) in [4.78, 5) is 8.52. The van der Waals surface area contributed by atoms with Gasteiger partial charge in [-0.25, -0.2) is 4.98 Å². The third kappa shape index (κ3) is 2.63. The molecule has 2 N–H and O–H groups in total. The quantitative estimate of drug-likeness (QED) is 0.897. The van der Waals surface area contributed by atoms with Gasteiger partial charge in [-0.1, -0.05) is 20.8 Å². The van der Waals surface area contributed by atoms with Crippen LogP contribution in [0, 0.1) is 5.92 Å². The largest absolute Gasteiger partial charge is 0.348 e. The molecule has 1 aromatic heterocycles. The van der Waals surface area contributed by atoms with E-state index in [-0.39, 0.29) is 0 Å². The molecule has 1 saturated heterocycles. The second kappa shape index (κ2) is 5.36. The maximum atomic E-state index is 5.83. The topological polar surface area (TPSA) is 42.2 Å². The summed E-state index contributed by atoms with van der Waals surface area (Å²) >= 11 is 1.79. The van der Waals surface area contributed by atoms with Gasteiger partial charge in [-0.05, 0) is 24.7 Å². The Kier molecular flexibility index (Phi) is 4.05. The first-order chi connectivity index (χ1) is 8.15. The molecular weight excluding hydrogens is 230 g/mol. The van der Waals surface area contributed by atoms with E-state index in [9.17, 15) is 0 Å². The Morgan fingerprint density at radius 2 is 2.35 bits per heavy atom. The molecule has 2 rings (SSSR count). The standard InChI is InChI=1S/C13H23N3S/c1-4-10(3)12-11(7-14)17-13(15-12)16-6-5-9(2)8-16/h9-10H,4-8,14H2,1-3H3. The summed E-state index contributed by atoms with van der Waals surface area (Å²) in [6, 6.07) is 0. The van der Waals surface area contributed by atoms with Crippen LogP contribution in [-0.4, -0.2) is 18.1 Å². The first-order valence-corrected chi connectivity index (χ1v) is 7.42. The summed E-state index contributed by atoms with van der Waals surface area (Å²) in [6.07, 6.45) is 2.42. The zero-order valence-corrected chi connectivity index (χ0v) is 11.9. The zero-order valence-electron chi connectivity index (χ0n) is 11.1. The Bertz CT molecular complexity index is 375. The summed E-state index contributed by atoms with van der Waals surface area (Å²) in [6.45, 7) is 9.69. The minimum absolute atomic E-state index is 0.526. The molecule has 96 valence electrons. The Balaban J connectivity index is 2.21. The molecule has 0 amide bonds. The molecule has 2 atom stereocenters. The summed E-state index contributed by atoms with van der Waals surface area (Å²) in [5.41, 5.74) is 7.07. The summed E-state index contributed by atoms with van der Waals surface area (Å²) in [7, 11) is 0. The summed E-state index contributed by atoms with van der Waals surface area (Å²) < 4.78 is 0. The molecule has 0 saturated carbocycles. The molecule has 1 aromatic rings. The highest BCUT2D eigenvalue weighted by Gasteiger charge is 2.23. The molecule has 0 radical (unpaired) electrons. The molecule has 0 spiro atoms. The van der Waals surface area contributed by atoms with Crippen molar-refractivity contribution in [3.63, 3.8) is 0 Å². The number of thiazole rings is 1. The van der Waals surface area contributed by atoms with Gasteiger partial charge in [-0.2, -0.15) is 0 Å². The van der Waals surface area contributed by atoms with Crippen LogP contribution in [0.15, 0.2) is 0 Å². The van der Waals surface area contributed by atoms with E-state index in [1.165, 1.54) is 22.1 Å². The van der Waals surface area contributed by atoms with E-state index in [1.807, 2.05) is 0 Å². The van der Waals surface area contributed by atoms with Crippen LogP contribution in [-0.2, 0) is 6.54 Å². The first kappa shape index (κ1) is 12.8. The Morgan fingerprint density at radius 3 is 2.88 bits per heavy atom. The van der Waals surface area contributed by atoms with E-state index in [0.717, 1.165) is 25.4 Å². The van der Waals surface area contributed by atoms with E-state index in [4.69, 9.17) is 10.7 Å². The molecular formula is C13H23N3S. The number of rotatable bonds is 4. The lowest BCUT2D eigenvalue weighted by Crippen LogP contribution is -2.18. The second-order valence-corrected chi connectivity index (χ2v) is 6.22. The maximum Gasteiger partial charge on any atom is 0.185 e. The Labute approximate surface area is 108 Å². The number of anilines is 1. The fraction of sp³-hybridized carbons (Fsp3) is 0.769. The van der Waals surface area contributed by atoms with E-state index in [0.29, 0.717) is 12.5 Å². The lowest BCUT2D eigenvalue weighted by Gasteiger charge is -2.13. The van der Waals surface area contributed by atoms with Crippen molar-refractivity contribution in [2.45, 2.75) is 46.1 Å². The highest BCUT2D eigenvalue weighted by atomic mass is 32.1. The fourth-order valence-corrected chi connectivity index (χ4v) is 3.41. The number of hydrogen-bond donors (Lipinski definition) is 1. The molecule has 2 unspecified atom stereocenters. The van der Waals surface area contributed by atoms with Gasteiger partial charge in [-0.15, -0.1) is 11.3 Å². The van der Waals surface area contributed by atoms with Crippen LogP contribution in [0.3, 0.4) is 0 Å². The van der Waals surface area contributed by atoms with Gasteiger partial charge in [0.2, 0.25) is 0 Å². The molecule has 1 fully saturated rings. The molecule has 3 nitrogen and oxygen atoms in total. The number of nitrogens with two attached hydrogens (primary N) is 1. The average Bonchev–Trinajstić information content (AvgIpc) is 2.93. The smallest absolute Gasteiger partial charge is 0.185 e. The third-order valence-corrected chi connectivity index (χ3v) is 4.83. The predicted octanol–water partition coefficient (Wildman–Crippen LogP) is 2.96. The van der Waals surface area contributed by atoms with Crippen molar-refractivity contribution >= 4 is 16.5 Å². The van der Waals surface area contributed by atoms with Gasteiger partial charge in [0, 0.05) is 24.5 Å². The molecule has 2 heterocycles. The van der Waals surface area contributed by atoms with Crippen LogP contribution in [0.1, 0.15) is 50.1 Å². The minimum Gasteiger partial charge on any atom is -0.348 e. The van der Waals surface area contributed by atoms with Crippen molar-refractivity contribution in [2.24, 2.45) is 11.7 Å². The molecule has 1 aliphatic rings. The first-order valence-electron chi connectivity index (χ1n) is 6.60. The molecule has 4 heteroatoms. The SMILES string of the molecule is CCC(C)c1nc(N2CCC(C)C2)sc1CN. The Morgan fingerprint density at radius 1 is 1.59 bits per heavy atom. The number of hydrogen-bond acceptors (Lipinski definition) is 4. The van der Waals surface area contributed by atoms with Gasteiger partial charge >= 0.3 is 0 Å². The summed E-state index contributed by atoms with van der Waals surface area (Å²) in [5.74, 6) is 1.32. The van der Waals surface area contributed by atoms with E-state index in [2.05, 4.69) is 25.7 Å². The van der Waals surface area contributed by atoms with E-state index >= 15 is 0 Å². The van der Waals surface area contributed by atoms with Gasteiger partial charge in [-0.3, -0.25) is 0 Å². The highest BCUT2D eigenvalue weighted by molar-refractivity contribution is 7.15. The van der Waals surface area contributed by atoms with Gasteiger partial charge < -0.3 is 10.6 Å². The number of nitrogens with zero attached hydrogens (tertiary/aromatic N) is 2. The normalized spacial score (nSPS) is 22.1. The second-order valence-electron chi connectivity index (χ2n) is 5.16. The maximum absolute atomic E-state index is 5.83. The predicted molar refractivity (Wildman–Crippen MR) is 74.7 cm³/mol. The van der Waals surface area contributed by atoms with Crippen LogP contribution >= 0.6 is 11.3 Å². The van der Waals surface area contributed by atoms with Crippen molar-refractivity contribution < 1.29 is 0 Å². The van der Waals surface area contributed by atoms with Crippen molar-refractivity contribution in [2.75, 3.05) is 18.0 Å². The van der Waals surface area contributed by atoms with Crippen molar-refractivity contribution in [3.8, 4) is 0 Å². The van der Waals surface area contributed by atoms with E-state index < -0.39 is 0 Å². The lowest BCUT2D eigenvalue weighted by atomic mass is 10.0. The van der Waals surface area contributed by atoms with Gasteiger partial charge in [0.15, 0.2) is 5.13 Å². The average molecular weight is 253 g/mol. The van der Waals surface area contributed by atoms with Crippen LogP contribution < -0.4 is 10.6 Å². The Hall–Kier alpha value is -0.610. The van der Waals surface area contributed by atoms with Crippen LogP contribution in [0.4, 0.5) is 5.13 Å². The van der Waals surface area contributed by atoms with Gasteiger partial charge in [0.1, 0.15) is 0 Å². The molecule has 1 aliphatic heterocycles. The van der Waals surface area contributed by atoms with Gasteiger partial charge in [0.25, 0.3) is 0 Å². The van der Waals surface area contributed by atoms with Crippen molar-refractivity contribution in [1.82, 2.24) is 4.98 Å². The zero-order chi connectivity index (χ0) is 12.4. The van der Waals surface area contributed by atoms with Gasteiger partial charge in [0.05, 0.1) is 5.69 Å². The molecule has 0 bridgehead atoms. The number of aromatic nitrogens is 1. The monoisotopic (exact) mass is 253 g/mol. The van der Waals surface area contributed by atoms with Crippen molar-refractivity contribution in [1.29, 1.82) is 0 Å². The van der Waals surface area contributed by atoms with Crippen LogP contribution in [0.25, 0.3) is 0 Å².